The van der Waals surface area contributed by atoms with Gasteiger partial charge >= 0.3 is 0 Å². The van der Waals surface area contributed by atoms with Gasteiger partial charge in [-0.25, -0.2) is 5.43 Å². The Morgan fingerprint density at radius 1 is 1.06 bits per heavy atom. The van der Waals surface area contributed by atoms with Crippen molar-refractivity contribution in [2.45, 2.75) is 13.8 Å². The van der Waals surface area contributed by atoms with E-state index in [1.165, 1.54) is 6.21 Å². The molecule has 1 aliphatic heterocycles. The Morgan fingerprint density at radius 3 is 2.55 bits per heavy atom. The van der Waals surface area contributed by atoms with E-state index in [0.29, 0.717) is 37.0 Å². The van der Waals surface area contributed by atoms with E-state index >= 15 is 0 Å². The summed E-state index contributed by atoms with van der Waals surface area (Å²) in [6, 6.07) is 12.8. The average molecular weight is 455 g/mol. The van der Waals surface area contributed by atoms with Gasteiger partial charge in [-0.15, -0.1) is 0 Å². The second kappa shape index (κ2) is 12.6. The molecule has 2 amide bonds. The zero-order valence-electron chi connectivity index (χ0n) is 19.0. The molecule has 33 heavy (non-hydrogen) atoms. The van der Waals surface area contributed by atoms with Crippen LogP contribution in [0.1, 0.15) is 18.1 Å². The van der Waals surface area contributed by atoms with Crippen molar-refractivity contribution < 1.29 is 23.8 Å². The van der Waals surface area contributed by atoms with Crippen LogP contribution in [0.15, 0.2) is 47.6 Å². The number of nitrogens with zero attached hydrogens (tertiary/aromatic N) is 2. The monoisotopic (exact) mass is 454 g/mol. The first-order chi connectivity index (χ1) is 16.0. The van der Waals surface area contributed by atoms with Crippen LogP contribution in [0.25, 0.3) is 0 Å². The number of carbonyl (C=O) groups is 2. The normalized spacial score (nSPS) is 14.1. The lowest BCUT2D eigenvalue weighted by Gasteiger charge is -2.25. The molecule has 9 nitrogen and oxygen atoms in total. The third-order valence-corrected chi connectivity index (χ3v) is 4.84. The highest BCUT2D eigenvalue weighted by Crippen LogP contribution is 2.28. The molecule has 0 bridgehead atoms. The van der Waals surface area contributed by atoms with E-state index in [4.69, 9.17) is 14.2 Å². The van der Waals surface area contributed by atoms with Gasteiger partial charge in [-0.2, -0.15) is 5.10 Å². The molecule has 9 heteroatoms. The molecule has 0 radical (unpaired) electrons. The second-order valence-electron chi connectivity index (χ2n) is 7.52. The van der Waals surface area contributed by atoms with Gasteiger partial charge in [0.05, 0.1) is 32.6 Å². The van der Waals surface area contributed by atoms with E-state index < -0.39 is 0 Å². The molecule has 2 aromatic rings. The maximum Gasteiger partial charge on any atom is 0.262 e. The van der Waals surface area contributed by atoms with Gasteiger partial charge in [0.25, 0.3) is 11.8 Å². The minimum absolute atomic E-state index is 0.154. The molecule has 176 valence electrons. The number of anilines is 1. The van der Waals surface area contributed by atoms with Crippen LogP contribution in [0, 0.1) is 6.92 Å². The third kappa shape index (κ3) is 8.21. The van der Waals surface area contributed by atoms with Crippen molar-refractivity contribution in [3.05, 3.63) is 53.6 Å². The maximum absolute atomic E-state index is 12.2. The number of morpholine rings is 1. The number of hydrogen-bond donors (Lipinski definition) is 2. The Kier molecular flexibility index (Phi) is 9.22. The lowest BCUT2D eigenvalue weighted by Crippen LogP contribution is -2.42. The fourth-order valence-corrected chi connectivity index (χ4v) is 3.15. The molecule has 3 rings (SSSR count). The summed E-state index contributed by atoms with van der Waals surface area (Å²) in [5, 5.41) is 6.82. The van der Waals surface area contributed by atoms with Crippen LogP contribution in [-0.2, 0) is 14.3 Å². The fourth-order valence-electron chi connectivity index (χ4n) is 3.15. The largest absolute Gasteiger partial charge is 0.490 e. The predicted octanol–water partition coefficient (Wildman–Crippen LogP) is 2.19. The molecule has 0 unspecified atom stereocenters. The number of amides is 2. The Morgan fingerprint density at radius 2 is 1.82 bits per heavy atom. The van der Waals surface area contributed by atoms with Crippen molar-refractivity contribution in [3.8, 4) is 11.5 Å². The number of aryl methyl sites for hydroxylation is 1. The number of ether oxygens (including phenoxy) is 3. The summed E-state index contributed by atoms with van der Waals surface area (Å²) < 4.78 is 16.6. The molecular formula is C24H30N4O5. The number of hydrazone groups is 1. The number of carbonyl (C=O) groups excluding carboxylic acids is 2. The van der Waals surface area contributed by atoms with Crippen molar-refractivity contribution >= 4 is 23.7 Å². The van der Waals surface area contributed by atoms with Crippen LogP contribution in [0.2, 0.25) is 0 Å². The van der Waals surface area contributed by atoms with E-state index in [1.54, 1.807) is 18.2 Å². The molecule has 0 atom stereocenters. The summed E-state index contributed by atoms with van der Waals surface area (Å²) in [4.78, 5) is 26.3. The first-order valence-electron chi connectivity index (χ1n) is 10.9. The minimum atomic E-state index is -0.269. The molecular weight excluding hydrogens is 424 g/mol. The second-order valence-corrected chi connectivity index (χ2v) is 7.52. The fraction of sp³-hybridized carbons (Fsp3) is 0.375. The van der Waals surface area contributed by atoms with Gasteiger partial charge in [-0.3, -0.25) is 14.5 Å². The highest BCUT2D eigenvalue weighted by atomic mass is 16.5. The average Bonchev–Trinajstić information content (AvgIpc) is 2.81. The number of rotatable bonds is 10. The predicted molar refractivity (Wildman–Crippen MR) is 126 cm³/mol. The topological polar surface area (TPSA) is 101 Å². The summed E-state index contributed by atoms with van der Waals surface area (Å²) in [5.41, 5.74) is 5.08. The lowest BCUT2D eigenvalue weighted by molar-refractivity contribution is -0.123. The van der Waals surface area contributed by atoms with Gasteiger partial charge in [-0.05, 0) is 49.7 Å². The van der Waals surface area contributed by atoms with E-state index in [0.717, 1.165) is 24.2 Å². The number of benzene rings is 2. The molecule has 2 N–H and O–H groups in total. The van der Waals surface area contributed by atoms with E-state index in [9.17, 15) is 9.59 Å². The van der Waals surface area contributed by atoms with Crippen molar-refractivity contribution in [1.82, 2.24) is 10.3 Å². The first kappa shape index (κ1) is 24.2. The van der Waals surface area contributed by atoms with Gasteiger partial charge in [0.15, 0.2) is 18.1 Å². The molecule has 1 aliphatic rings. The molecule has 0 aliphatic carbocycles. The van der Waals surface area contributed by atoms with Crippen LogP contribution in [-0.4, -0.2) is 69.0 Å². The van der Waals surface area contributed by atoms with Gasteiger partial charge in [0, 0.05) is 18.8 Å². The Bertz CT molecular complexity index is 956. The maximum atomic E-state index is 12.2. The van der Waals surface area contributed by atoms with Gasteiger partial charge < -0.3 is 19.5 Å². The molecule has 2 aromatic carbocycles. The van der Waals surface area contributed by atoms with Crippen LogP contribution in [0.3, 0.4) is 0 Å². The Labute approximate surface area is 193 Å². The van der Waals surface area contributed by atoms with Crippen molar-refractivity contribution in [2.24, 2.45) is 5.10 Å². The highest BCUT2D eigenvalue weighted by molar-refractivity contribution is 5.92. The lowest BCUT2D eigenvalue weighted by atomic mass is 10.2. The zero-order valence-corrected chi connectivity index (χ0v) is 19.0. The molecule has 1 saturated heterocycles. The SMILES string of the molecule is CCOc1cc(/C=N/NC(=O)CN2CCOCC2)ccc1OCC(=O)Nc1ccc(C)cc1. The molecule has 0 aromatic heterocycles. The van der Waals surface area contributed by atoms with Gasteiger partial charge in [-0.1, -0.05) is 17.7 Å². The smallest absolute Gasteiger partial charge is 0.262 e. The van der Waals surface area contributed by atoms with E-state index in [1.807, 2.05) is 43.0 Å². The number of hydrogen-bond acceptors (Lipinski definition) is 7. The molecule has 0 spiro atoms. The van der Waals surface area contributed by atoms with Crippen LogP contribution < -0.4 is 20.2 Å². The van der Waals surface area contributed by atoms with Crippen molar-refractivity contribution in [2.75, 3.05) is 51.4 Å². The third-order valence-electron chi connectivity index (χ3n) is 4.84. The van der Waals surface area contributed by atoms with Crippen molar-refractivity contribution in [1.29, 1.82) is 0 Å². The zero-order chi connectivity index (χ0) is 23.5. The van der Waals surface area contributed by atoms with Crippen molar-refractivity contribution in [3.63, 3.8) is 0 Å². The van der Waals surface area contributed by atoms with Crippen LogP contribution >= 0.6 is 0 Å². The summed E-state index contributed by atoms with van der Waals surface area (Å²) >= 11 is 0. The van der Waals surface area contributed by atoms with Gasteiger partial charge in [0.1, 0.15) is 0 Å². The summed E-state index contributed by atoms with van der Waals surface area (Å²) in [6.45, 7) is 7.15. The Hall–Kier alpha value is -3.43. The highest BCUT2D eigenvalue weighted by Gasteiger charge is 2.13. The molecule has 1 fully saturated rings. The van der Waals surface area contributed by atoms with Crippen LogP contribution in [0.4, 0.5) is 5.69 Å². The summed E-state index contributed by atoms with van der Waals surface area (Å²) in [7, 11) is 0. The first-order valence-corrected chi connectivity index (χ1v) is 10.9. The quantitative estimate of drug-likeness (QED) is 0.422. The summed E-state index contributed by atoms with van der Waals surface area (Å²) in [5.74, 6) is 0.487. The molecule has 0 saturated carbocycles. The Balaban J connectivity index is 1.52. The van der Waals surface area contributed by atoms with E-state index in [2.05, 4.69) is 15.8 Å². The minimum Gasteiger partial charge on any atom is -0.490 e. The van der Waals surface area contributed by atoms with E-state index in [-0.39, 0.29) is 25.0 Å². The summed E-state index contributed by atoms with van der Waals surface area (Å²) in [6.07, 6.45) is 1.54. The molecule has 1 heterocycles. The number of nitrogens with one attached hydrogen (secondary N) is 2. The van der Waals surface area contributed by atoms with Gasteiger partial charge in [0.2, 0.25) is 0 Å². The van der Waals surface area contributed by atoms with Crippen LogP contribution in [0.5, 0.6) is 11.5 Å². The standard InChI is InChI=1S/C24H30N4O5/c1-3-32-22-14-19(15-25-27-23(29)16-28-10-12-31-13-11-28)6-9-21(22)33-17-24(30)26-20-7-4-18(2)5-8-20/h4-9,14-15H,3,10-13,16-17H2,1-2H3,(H,26,30)(H,27,29)/b25-15+.